The van der Waals surface area contributed by atoms with Crippen LogP contribution < -0.4 is 4.74 Å². The highest BCUT2D eigenvalue weighted by atomic mass is 16.5. The quantitative estimate of drug-likeness (QED) is 0.657. The number of rotatable bonds is 7. The SMILES string of the molecule is COC(=O)c1ccc(OCCN2CCN(C(=O)C(C)(C)c3ccccc3)CC2)cc1. The summed E-state index contributed by atoms with van der Waals surface area (Å²) < 4.78 is 10.5. The van der Waals surface area contributed by atoms with Crippen LogP contribution in [0.3, 0.4) is 0 Å². The second kappa shape index (κ2) is 9.76. The summed E-state index contributed by atoms with van der Waals surface area (Å²) in [5, 5.41) is 0. The molecule has 160 valence electrons. The minimum atomic E-state index is -0.525. The van der Waals surface area contributed by atoms with Crippen LogP contribution in [0.15, 0.2) is 54.6 Å². The van der Waals surface area contributed by atoms with Gasteiger partial charge in [-0.15, -0.1) is 0 Å². The van der Waals surface area contributed by atoms with E-state index >= 15 is 0 Å². The molecule has 1 amide bonds. The minimum absolute atomic E-state index is 0.176. The normalized spacial score (nSPS) is 15.0. The molecule has 0 radical (unpaired) electrons. The van der Waals surface area contributed by atoms with Gasteiger partial charge in [-0.25, -0.2) is 4.79 Å². The molecule has 0 spiro atoms. The molecule has 1 saturated heterocycles. The zero-order valence-electron chi connectivity index (χ0n) is 18.0. The molecule has 0 aliphatic carbocycles. The Morgan fingerprint density at radius 3 is 2.17 bits per heavy atom. The van der Waals surface area contributed by atoms with E-state index in [0.717, 1.165) is 44.0 Å². The van der Waals surface area contributed by atoms with Crippen LogP contribution in [0.4, 0.5) is 0 Å². The van der Waals surface area contributed by atoms with Gasteiger partial charge in [0, 0.05) is 32.7 Å². The van der Waals surface area contributed by atoms with Crippen molar-refractivity contribution in [2.75, 3.05) is 46.4 Å². The van der Waals surface area contributed by atoms with Gasteiger partial charge in [0.1, 0.15) is 12.4 Å². The van der Waals surface area contributed by atoms with E-state index in [1.165, 1.54) is 7.11 Å². The van der Waals surface area contributed by atoms with Gasteiger partial charge in [-0.3, -0.25) is 9.69 Å². The lowest BCUT2D eigenvalue weighted by Crippen LogP contribution is -2.53. The highest BCUT2D eigenvalue weighted by molar-refractivity contribution is 5.89. The Kier molecular flexibility index (Phi) is 7.11. The van der Waals surface area contributed by atoms with Crippen molar-refractivity contribution in [3.8, 4) is 5.75 Å². The van der Waals surface area contributed by atoms with Gasteiger partial charge in [0.05, 0.1) is 18.1 Å². The molecule has 6 heteroatoms. The summed E-state index contributed by atoms with van der Waals surface area (Å²) in [4.78, 5) is 28.8. The Morgan fingerprint density at radius 2 is 1.57 bits per heavy atom. The van der Waals surface area contributed by atoms with E-state index in [-0.39, 0.29) is 11.9 Å². The molecule has 0 unspecified atom stereocenters. The topological polar surface area (TPSA) is 59.1 Å². The van der Waals surface area contributed by atoms with Crippen molar-refractivity contribution in [3.63, 3.8) is 0 Å². The predicted octanol–water partition coefficient (Wildman–Crippen LogP) is 2.97. The van der Waals surface area contributed by atoms with Crippen molar-refractivity contribution in [2.24, 2.45) is 0 Å². The first-order valence-electron chi connectivity index (χ1n) is 10.3. The fourth-order valence-electron chi connectivity index (χ4n) is 3.65. The van der Waals surface area contributed by atoms with Crippen LogP contribution in [0.2, 0.25) is 0 Å². The first kappa shape index (κ1) is 21.8. The zero-order chi connectivity index (χ0) is 21.6. The average Bonchev–Trinajstić information content (AvgIpc) is 2.79. The van der Waals surface area contributed by atoms with Crippen LogP contribution in [0, 0.1) is 0 Å². The molecular formula is C24H30N2O4. The van der Waals surface area contributed by atoms with Crippen molar-refractivity contribution in [2.45, 2.75) is 19.3 Å². The lowest BCUT2D eigenvalue weighted by Gasteiger charge is -2.38. The maximum absolute atomic E-state index is 13.1. The number of hydrogen-bond acceptors (Lipinski definition) is 5. The minimum Gasteiger partial charge on any atom is -0.492 e. The summed E-state index contributed by atoms with van der Waals surface area (Å²) in [6, 6.07) is 16.9. The Balaban J connectivity index is 1.43. The molecule has 1 fully saturated rings. The molecule has 2 aromatic carbocycles. The number of amides is 1. The molecule has 0 atom stereocenters. The lowest BCUT2D eigenvalue weighted by molar-refractivity contribution is -0.138. The number of carbonyl (C=O) groups excluding carboxylic acids is 2. The van der Waals surface area contributed by atoms with E-state index in [9.17, 15) is 9.59 Å². The van der Waals surface area contributed by atoms with Crippen molar-refractivity contribution < 1.29 is 19.1 Å². The fraction of sp³-hybridized carbons (Fsp3) is 0.417. The van der Waals surface area contributed by atoms with Crippen molar-refractivity contribution in [3.05, 3.63) is 65.7 Å². The maximum Gasteiger partial charge on any atom is 0.337 e. The summed E-state index contributed by atoms with van der Waals surface area (Å²) in [6.45, 7) is 8.46. The molecule has 0 aromatic heterocycles. The van der Waals surface area contributed by atoms with Gasteiger partial charge in [-0.1, -0.05) is 30.3 Å². The Labute approximate surface area is 178 Å². The zero-order valence-corrected chi connectivity index (χ0v) is 18.0. The van der Waals surface area contributed by atoms with Crippen molar-refractivity contribution in [1.82, 2.24) is 9.80 Å². The van der Waals surface area contributed by atoms with E-state index in [2.05, 4.69) is 4.90 Å². The number of piperazine rings is 1. The number of hydrogen-bond donors (Lipinski definition) is 0. The molecule has 0 bridgehead atoms. The van der Waals surface area contributed by atoms with Gasteiger partial charge in [0.25, 0.3) is 0 Å². The first-order valence-corrected chi connectivity index (χ1v) is 10.3. The number of ether oxygens (including phenoxy) is 2. The van der Waals surface area contributed by atoms with Crippen LogP contribution in [-0.4, -0.2) is 68.1 Å². The molecule has 3 rings (SSSR count). The van der Waals surface area contributed by atoms with E-state index in [1.54, 1.807) is 24.3 Å². The molecule has 2 aromatic rings. The third kappa shape index (κ3) is 5.19. The number of esters is 1. The third-order valence-electron chi connectivity index (χ3n) is 5.64. The monoisotopic (exact) mass is 410 g/mol. The number of nitrogens with zero attached hydrogens (tertiary/aromatic N) is 2. The Bertz CT molecular complexity index is 841. The predicted molar refractivity (Wildman–Crippen MR) is 116 cm³/mol. The standard InChI is InChI=1S/C24H30N2O4/c1-24(2,20-7-5-4-6-8-20)23(28)26-15-13-25(14-16-26)17-18-30-21-11-9-19(10-12-21)22(27)29-3/h4-12H,13-18H2,1-3H3. The third-order valence-corrected chi connectivity index (χ3v) is 5.64. The van der Waals surface area contributed by atoms with Gasteiger partial charge in [0.2, 0.25) is 5.91 Å². The van der Waals surface area contributed by atoms with Gasteiger partial charge in [-0.05, 0) is 43.7 Å². The molecule has 1 aliphatic heterocycles. The largest absolute Gasteiger partial charge is 0.492 e. The van der Waals surface area contributed by atoms with Crippen molar-refractivity contribution in [1.29, 1.82) is 0 Å². The molecular weight excluding hydrogens is 380 g/mol. The van der Waals surface area contributed by atoms with E-state index in [0.29, 0.717) is 12.2 Å². The summed E-state index contributed by atoms with van der Waals surface area (Å²) >= 11 is 0. The molecule has 0 saturated carbocycles. The smallest absolute Gasteiger partial charge is 0.337 e. The van der Waals surface area contributed by atoms with E-state index in [4.69, 9.17) is 9.47 Å². The average molecular weight is 411 g/mol. The van der Waals surface area contributed by atoms with E-state index < -0.39 is 5.41 Å². The second-order valence-electron chi connectivity index (χ2n) is 7.99. The van der Waals surface area contributed by atoms with E-state index in [1.807, 2.05) is 49.1 Å². The van der Waals surface area contributed by atoms with Crippen LogP contribution in [-0.2, 0) is 14.9 Å². The molecule has 6 nitrogen and oxygen atoms in total. The fourth-order valence-corrected chi connectivity index (χ4v) is 3.65. The molecule has 30 heavy (non-hydrogen) atoms. The maximum atomic E-state index is 13.1. The van der Waals surface area contributed by atoms with Crippen LogP contribution in [0.1, 0.15) is 29.8 Å². The Morgan fingerprint density at radius 1 is 0.933 bits per heavy atom. The highest BCUT2D eigenvalue weighted by Crippen LogP contribution is 2.26. The van der Waals surface area contributed by atoms with Crippen LogP contribution in [0.5, 0.6) is 5.75 Å². The Hall–Kier alpha value is -2.86. The number of methoxy groups -OCH3 is 1. The number of carbonyl (C=O) groups is 2. The summed E-state index contributed by atoms with van der Waals surface area (Å²) in [5.74, 6) is 0.542. The van der Waals surface area contributed by atoms with Gasteiger partial charge < -0.3 is 14.4 Å². The molecule has 1 heterocycles. The van der Waals surface area contributed by atoms with Crippen LogP contribution >= 0.6 is 0 Å². The molecule has 1 aliphatic rings. The second-order valence-corrected chi connectivity index (χ2v) is 7.99. The van der Waals surface area contributed by atoms with Crippen molar-refractivity contribution >= 4 is 11.9 Å². The first-order chi connectivity index (χ1) is 14.4. The van der Waals surface area contributed by atoms with Gasteiger partial charge >= 0.3 is 5.97 Å². The van der Waals surface area contributed by atoms with Gasteiger partial charge in [-0.2, -0.15) is 0 Å². The lowest BCUT2D eigenvalue weighted by atomic mass is 9.83. The summed E-state index contributed by atoms with van der Waals surface area (Å²) in [7, 11) is 1.36. The summed E-state index contributed by atoms with van der Waals surface area (Å²) in [6.07, 6.45) is 0. The number of benzene rings is 2. The summed E-state index contributed by atoms with van der Waals surface area (Å²) in [5.41, 5.74) is 1.02. The van der Waals surface area contributed by atoms with Gasteiger partial charge in [0.15, 0.2) is 0 Å². The highest BCUT2D eigenvalue weighted by Gasteiger charge is 2.34. The molecule has 0 N–H and O–H groups in total. The van der Waals surface area contributed by atoms with Crippen LogP contribution in [0.25, 0.3) is 0 Å².